The van der Waals surface area contributed by atoms with Crippen LogP contribution < -0.4 is 11.1 Å². The van der Waals surface area contributed by atoms with Crippen molar-refractivity contribution in [3.05, 3.63) is 91.1 Å². The van der Waals surface area contributed by atoms with Gasteiger partial charge in [0, 0.05) is 20.8 Å². The summed E-state index contributed by atoms with van der Waals surface area (Å²) in [7, 11) is 0. The summed E-state index contributed by atoms with van der Waals surface area (Å²) in [5.41, 5.74) is 7.29. The van der Waals surface area contributed by atoms with Crippen molar-refractivity contribution in [2.24, 2.45) is 17.1 Å². The summed E-state index contributed by atoms with van der Waals surface area (Å²) in [5, 5.41) is 43.0. The van der Waals surface area contributed by atoms with Crippen LogP contribution in [0.5, 0.6) is 0 Å². The van der Waals surface area contributed by atoms with Crippen LogP contribution in [0, 0.1) is 56.7 Å². The second kappa shape index (κ2) is 8.76. The van der Waals surface area contributed by atoms with Gasteiger partial charge in [-0.15, -0.1) is 0 Å². The Bertz CT molecular complexity index is 1330. The van der Waals surface area contributed by atoms with E-state index in [1.165, 1.54) is 0 Å². The fraction of sp³-hybridized carbons (Fsp3) is 0.200. The molecular formula is C25H16Br2N6. The monoisotopic (exact) mass is 558 g/mol. The van der Waals surface area contributed by atoms with Crippen LogP contribution in [0.15, 0.2) is 80.0 Å². The first kappa shape index (κ1) is 22.6. The van der Waals surface area contributed by atoms with Gasteiger partial charge in [0.15, 0.2) is 5.57 Å². The fourth-order valence-corrected chi connectivity index (χ4v) is 5.54. The molecule has 2 aromatic carbocycles. The SMILES string of the molecule is N#CC(C#N)=C1NC2C(C#N)=C(N)C1(C#N)C(Cc1ccc(Br)cc1)C2c1ccc(Br)cc1. The molecule has 2 aromatic rings. The average Bonchev–Trinajstić information content (AvgIpc) is 2.82. The summed E-state index contributed by atoms with van der Waals surface area (Å²) in [4.78, 5) is 0. The van der Waals surface area contributed by atoms with Crippen LogP contribution in [0.1, 0.15) is 17.0 Å². The first-order chi connectivity index (χ1) is 15.9. The zero-order valence-corrected chi connectivity index (χ0v) is 20.4. The summed E-state index contributed by atoms with van der Waals surface area (Å²) in [6.07, 6.45) is 0.465. The quantitative estimate of drug-likeness (QED) is 0.524. The Morgan fingerprint density at radius 1 is 0.939 bits per heavy atom. The van der Waals surface area contributed by atoms with E-state index in [0.717, 1.165) is 20.1 Å². The molecule has 33 heavy (non-hydrogen) atoms. The normalized spacial score (nSPS) is 25.3. The molecule has 2 bridgehead atoms. The second-order valence-electron chi connectivity index (χ2n) is 7.97. The highest BCUT2D eigenvalue weighted by Crippen LogP contribution is 2.58. The molecule has 6 nitrogen and oxygen atoms in total. The highest BCUT2D eigenvalue weighted by Gasteiger charge is 2.61. The van der Waals surface area contributed by atoms with Crippen molar-refractivity contribution in [1.29, 1.82) is 21.0 Å². The lowest BCUT2D eigenvalue weighted by atomic mass is 9.52. The predicted octanol–water partition coefficient (Wildman–Crippen LogP) is 4.69. The number of hydrogen-bond acceptors (Lipinski definition) is 6. The van der Waals surface area contributed by atoms with Gasteiger partial charge in [-0.05, 0) is 41.8 Å². The van der Waals surface area contributed by atoms with Gasteiger partial charge in [0.1, 0.15) is 17.6 Å². The molecule has 2 heterocycles. The molecule has 3 aliphatic rings. The summed E-state index contributed by atoms with van der Waals surface area (Å²) in [5.74, 6) is -0.703. The number of hydrogen-bond donors (Lipinski definition) is 2. The topological polar surface area (TPSA) is 133 Å². The number of piperidine rings is 1. The second-order valence-corrected chi connectivity index (χ2v) is 9.80. The molecule has 1 fully saturated rings. The maximum atomic E-state index is 10.6. The first-order valence-corrected chi connectivity index (χ1v) is 11.6. The Kier molecular flexibility index (Phi) is 6.01. The highest BCUT2D eigenvalue weighted by atomic mass is 79.9. The van der Waals surface area contributed by atoms with Crippen molar-refractivity contribution in [3.63, 3.8) is 0 Å². The molecule has 0 spiro atoms. The van der Waals surface area contributed by atoms with Crippen molar-refractivity contribution < 1.29 is 0 Å². The molecule has 2 aliphatic heterocycles. The molecule has 0 amide bonds. The molecular weight excluding hydrogens is 544 g/mol. The Balaban J connectivity index is 2.02. The number of benzene rings is 2. The largest absolute Gasteiger partial charge is 0.400 e. The van der Waals surface area contributed by atoms with Crippen molar-refractivity contribution >= 4 is 31.9 Å². The number of nitriles is 4. The fourth-order valence-electron chi connectivity index (χ4n) is 5.01. The number of halogens is 2. The zero-order valence-electron chi connectivity index (χ0n) is 17.2. The van der Waals surface area contributed by atoms with Crippen molar-refractivity contribution in [3.8, 4) is 24.3 Å². The molecule has 1 saturated heterocycles. The lowest BCUT2D eigenvalue weighted by Gasteiger charge is -2.55. The molecule has 4 atom stereocenters. The number of rotatable bonds is 3. The van der Waals surface area contributed by atoms with E-state index in [1.807, 2.05) is 60.7 Å². The van der Waals surface area contributed by atoms with Crippen LogP contribution in [0.3, 0.4) is 0 Å². The van der Waals surface area contributed by atoms with Crippen LogP contribution in [0.25, 0.3) is 0 Å². The van der Waals surface area contributed by atoms with Crippen molar-refractivity contribution in [2.75, 3.05) is 0 Å². The highest BCUT2D eigenvalue weighted by molar-refractivity contribution is 9.10. The van der Waals surface area contributed by atoms with Crippen LogP contribution in [0.4, 0.5) is 0 Å². The Morgan fingerprint density at radius 2 is 1.52 bits per heavy atom. The van der Waals surface area contributed by atoms with E-state index in [2.05, 4.69) is 49.3 Å². The third-order valence-corrected chi connectivity index (χ3v) is 7.52. The molecule has 0 radical (unpaired) electrons. The molecule has 3 N–H and O–H groups in total. The standard InChI is InChI=1S/C25H16Br2N6/c26-17-5-1-14(2-6-17)9-20-21(15-3-7-18(27)8-4-15)22-19(12-30)23(32)25(20,13-31)24(33-22)16(10-28)11-29/h1-8,20-22,33H,9,32H2. The molecule has 0 aromatic heterocycles. The van der Waals surface area contributed by atoms with Crippen molar-refractivity contribution in [1.82, 2.24) is 5.32 Å². The van der Waals surface area contributed by atoms with Gasteiger partial charge in [-0.2, -0.15) is 21.0 Å². The third kappa shape index (κ3) is 3.49. The lowest BCUT2D eigenvalue weighted by Crippen LogP contribution is -2.62. The minimum Gasteiger partial charge on any atom is -0.400 e. The molecule has 1 aliphatic carbocycles. The van der Waals surface area contributed by atoms with Gasteiger partial charge >= 0.3 is 0 Å². The number of nitrogens with zero attached hydrogens (tertiary/aromatic N) is 4. The summed E-state index contributed by atoms with van der Waals surface area (Å²) < 4.78 is 1.84. The number of nitrogens with two attached hydrogens (primary N) is 1. The minimum absolute atomic E-state index is 0.115. The minimum atomic E-state index is -1.52. The molecule has 4 unspecified atom stereocenters. The Labute approximate surface area is 208 Å². The van der Waals surface area contributed by atoms with E-state index in [4.69, 9.17) is 5.73 Å². The predicted molar refractivity (Wildman–Crippen MR) is 128 cm³/mol. The lowest BCUT2D eigenvalue weighted by molar-refractivity contribution is 0.171. The van der Waals surface area contributed by atoms with Crippen LogP contribution >= 0.6 is 31.9 Å². The number of nitrogens with one attached hydrogen (secondary N) is 1. The van der Waals surface area contributed by atoms with Gasteiger partial charge in [0.25, 0.3) is 0 Å². The summed E-state index contributed by atoms with van der Waals surface area (Å²) >= 11 is 6.91. The van der Waals surface area contributed by atoms with E-state index in [-0.39, 0.29) is 28.5 Å². The van der Waals surface area contributed by atoms with Crippen LogP contribution in [-0.4, -0.2) is 6.04 Å². The van der Waals surface area contributed by atoms with Gasteiger partial charge in [-0.1, -0.05) is 56.1 Å². The third-order valence-electron chi connectivity index (χ3n) is 6.46. The first-order valence-electron chi connectivity index (χ1n) is 10.0. The molecule has 8 heteroatoms. The van der Waals surface area contributed by atoms with Gasteiger partial charge in [0.05, 0.1) is 35.1 Å². The van der Waals surface area contributed by atoms with Gasteiger partial charge < -0.3 is 11.1 Å². The average molecular weight is 560 g/mol. The van der Waals surface area contributed by atoms with E-state index < -0.39 is 17.4 Å². The maximum absolute atomic E-state index is 10.6. The zero-order chi connectivity index (χ0) is 23.8. The summed E-state index contributed by atoms with van der Waals surface area (Å²) in [6.45, 7) is 0. The molecule has 160 valence electrons. The smallest absolute Gasteiger partial charge is 0.150 e. The van der Waals surface area contributed by atoms with Crippen LogP contribution in [-0.2, 0) is 6.42 Å². The maximum Gasteiger partial charge on any atom is 0.150 e. The summed E-state index contributed by atoms with van der Waals surface area (Å²) in [6, 6.07) is 23.3. The Hall–Kier alpha value is -3.56. The van der Waals surface area contributed by atoms with Gasteiger partial charge in [0.2, 0.25) is 0 Å². The van der Waals surface area contributed by atoms with Gasteiger partial charge in [-0.25, -0.2) is 0 Å². The molecule has 5 rings (SSSR count). The van der Waals surface area contributed by atoms with E-state index in [9.17, 15) is 21.0 Å². The van der Waals surface area contributed by atoms with E-state index >= 15 is 0 Å². The Morgan fingerprint density at radius 3 is 2.03 bits per heavy atom. The van der Waals surface area contributed by atoms with E-state index in [1.54, 1.807) is 0 Å². The van der Waals surface area contributed by atoms with Gasteiger partial charge in [-0.3, -0.25) is 0 Å². The number of fused-ring (bicyclic) bond motifs is 2. The van der Waals surface area contributed by atoms with E-state index in [0.29, 0.717) is 6.42 Å². The van der Waals surface area contributed by atoms with Crippen molar-refractivity contribution in [2.45, 2.75) is 18.4 Å². The number of allylic oxidation sites excluding steroid dienone is 1. The molecule has 0 saturated carbocycles. The van der Waals surface area contributed by atoms with Crippen LogP contribution in [0.2, 0.25) is 0 Å².